The molecule has 2 heteroatoms. The van der Waals surface area contributed by atoms with E-state index in [0.717, 1.165) is 70.5 Å². The minimum atomic E-state index is 0.476. The van der Waals surface area contributed by atoms with Gasteiger partial charge in [0.05, 0.1) is 0 Å². The first kappa shape index (κ1) is 43.4. The zero-order valence-electron chi connectivity index (χ0n) is 32.4. The van der Waals surface area contributed by atoms with E-state index in [1.165, 1.54) is 80.1 Å². The third-order valence-electron chi connectivity index (χ3n) is 10.5. The number of benzene rings is 1. The Morgan fingerprint density at radius 2 is 1.59 bits per heavy atom. The van der Waals surface area contributed by atoms with Gasteiger partial charge in [0.25, 0.3) is 0 Å². The van der Waals surface area contributed by atoms with Crippen molar-refractivity contribution in [3.63, 3.8) is 0 Å². The smallest absolute Gasteiger partial charge is 0.0143 e. The molecule has 4 unspecified atom stereocenters. The summed E-state index contributed by atoms with van der Waals surface area (Å²) in [5.41, 5.74) is 5.57. The Morgan fingerprint density at radius 1 is 0.863 bits per heavy atom. The SMILES string of the molecule is C#CCCC(CCCC(CCCCC(CCC#C)c1ccccc1C/C=C\C)CCNC=C)CCNCC1C/C=C\C=C/C(=C)C/C1=C\C=C/C. The number of nitrogens with one attached hydrogen (secondary N) is 2. The maximum absolute atomic E-state index is 5.74. The minimum Gasteiger partial charge on any atom is -0.391 e. The lowest BCUT2D eigenvalue weighted by Gasteiger charge is -2.23. The molecule has 0 radical (unpaired) electrons. The highest BCUT2D eigenvalue weighted by atomic mass is 14.9. The largest absolute Gasteiger partial charge is 0.391 e. The number of terminal acetylenes is 2. The fraction of sp³-hybridized carbons (Fsp3) is 0.510. The first-order chi connectivity index (χ1) is 25.1. The van der Waals surface area contributed by atoms with Gasteiger partial charge in [0.15, 0.2) is 0 Å². The summed E-state index contributed by atoms with van der Waals surface area (Å²) in [6.07, 6.45) is 51.1. The van der Waals surface area contributed by atoms with Crippen molar-refractivity contribution in [3.8, 4) is 24.7 Å². The molecule has 276 valence electrons. The van der Waals surface area contributed by atoms with Gasteiger partial charge in [-0.15, -0.1) is 24.7 Å². The molecule has 2 N–H and O–H groups in total. The van der Waals surface area contributed by atoms with E-state index in [0.29, 0.717) is 17.8 Å². The van der Waals surface area contributed by atoms with Gasteiger partial charge < -0.3 is 10.6 Å². The molecule has 1 aromatic carbocycles. The predicted molar refractivity (Wildman–Crippen MR) is 226 cm³/mol. The molecule has 0 heterocycles. The molecule has 1 aliphatic carbocycles. The van der Waals surface area contributed by atoms with E-state index in [4.69, 9.17) is 12.8 Å². The van der Waals surface area contributed by atoms with E-state index in [1.807, 2.05) is 6.20 Å². The van der Waals surface area contributed by atoms with Gasteiger partial charge in [-0.05, 0) is 113 Å². The van der Waals surface area contributed by atoms with Gasteiger partial charge in [0.1, 0.15) is 0 Å². The van der Waals surface area contributed by atoms with Crippen LogP contribution in [0, 0.1) is 42.4 Å². The van der Waals surface area contributed by atoms with E-state index in [2.05, 4.69) is 128 Å². The Bertz CT molecular complexity index is 1340. The van der Waals surface area contributed by atoms with Gasteiger partial charge in [0, 0.05) is 25.9 Å². The molecule has 0 spiro atoms. The quantitative estimate of drug-likeness (QED) is 0.0576. The number of hydrogen-bond donors (Lipinski definition) is 2. The van der Waals surface area contributed by atoms with Gasteiger partial charge in [0.2, 0.25) is 0 Å². The van der Waals surface area contributed by atoms with Crippen LogP contribution in [0.2, 0.25) is 0 Å². The molecule has 1 aromatic rings. The molecule has 2 nitrogen and oxygen atoms in total. The van der Waals surface area contributed by atoms with E-state index >= 15 is 0 Å². The monoisotopic (exact) mass is 687 g/mol. The van der Waals surface area contributed by atoms with Gasteiger partial charge >= 0.3 is 0 Å². The summed E-state index contributed by atoms with van der Waals surface area (Å²) in [5, 5.41) is 7.19. The average molecular weight is 687 g/mol. The van der Waals surface area contributed by atoms with Crippen molar-refractivity contribution in [2.45, 2.75) is 122 Å². The summed E-state index contributed by atoms with van der Waals surface area (Å²) >= 11 is 0. The zero-order chi connectivity index (χ0) is 36.8. The standard InChI is InChI=1S/C49H70N2/c1-7-12-25-43(37-39-51-41-48-34-18-16-17-24-42(6)40-47(48)31-15-10-4)27-23-28-44(36-38-50-11-5)26-19-20-32-45(29-13-8-2)49-35-22-21-33-46(49)30-14-9-3/h1-2,9-11,14-18,21-22,24,31,33,35,43-45,48,50-51H,5-6,12-13,19-20,23,25-30,32,34,36-41H2,3-4H3/b14-9-,15-10-,18-16-,24-17-,47-31+. The second-order valence-electron chi connectivity index (χ2n) is 14.4. The molecule has 4 atom stereocenters. The molecule has 0 bridgehead atoms. The summed E-state index contributed by atoms with van der Waals surface area (Å²) < 4.78 is 0. The van der Waals surface area contributed by atoms with Crippen LogP contribution in [0.4, 0.5) is 0 Å². The van der Waals surface area contributed by atoms with Gasteiger partial charge in [-0.2, -0.15) is 0 Å². The highest BCUT2D eigenvalue weighted by molar-refractivity contribution is 5.32. The molecule has 0 fully saturated rings. The topological polar surface area (TPSA) is 24.1 Å². The van der Waals surface area contributed by atoms with Crippen LogP contribution in [0.5, 0.6) is 0 Å². The zero-order valence-corrected chi connectivity index (χ0v) is 32.4. The van der Waals surface area contributed by atoms with Gasteiger partial charge in [-0.25, -0.2) is 0 Å². The molecule has 2 rings (SSSR count). The van der Waals surface area contributed by atoms with Crippen LogP contribution in [-0.2, 0) is 6.42 Å². The molecule has 0 saturated carbocycles. The van der Waals surface area contributed by atoms with Crippen molar-refractivity contribution in [3.05, 3.63) is 121 Å². The van der Waals surface area contributed by atoms with Crippen molar-refractivity contribution in [1.82, 2.24) is 10.6 Å². The Labute approximate surface area is 314 Å². The molecule has 0 aromatic heterocycles. The molecule has 51 heavy (non-hydrogen) atoms. The lowest BCUT2D eigenvalue weighted by atomic mass is 9.84. The number of unbranched alkanes of at least 4 members (excludes halogenated alkanes) is 1. The van der Waals surface area contributed by atoms with E-state index < -0.39 is 0 Å². The van der Waals surface area contributed by atoms with E-state index in [9.17, 15) is 0 Å². The van der Waals surface area contributed by atoms with Crippen LogP contribution >= 0.6 is 0 Å². The van der Waals surface area contributed by atoms with Gasteiger partial charge in [-0.1, -0.05) is 142 Å². The van der Waals surface area contributed by atoms with Crippen molar-refractivity contribution in [1.29, 1.82) is 0 Å². The van der Waals surface area contributed by atoms with Crippen molar-refractivity contribution in [2.75, 3.05) is 19.6 Å². The Kier molecular flexibility index (Phi) is 24.6. The highest BCUT2D eigenvalue weighted by Gasteiger charge is 2.17. The summed E-state index contributed by atoms with van der Waals surface area (Å²) in [6, 6.07) is 8.99. The maximum atomic E-state index is 5.74. The first-order valence-electron chi connectivity index (χ1n) is 20.0. The normalized spacial score (nSPS) is 18.7. The highest BCUT2D eigenvalue weighted by Crippen LogP contribution is 2.32. The molecular formula is C49H70N2. The summed E-state index contributed by atoms with van der Waals surface area (Å²) in [7, 11) is 0. The van der Waals surface area contributed by atoms with Crippen molar-refractivity contribution >= 4 is 0 Å². The lowest BCUT2D eigenvalue weighted by molar-refractivity contribution is 0.340. The summed E-state index contributed by atoms with van der Waals surface area (Å²) in [6.45, 7) is 15.4. The molecule has 1 aliphatic rings. The lowest BCUT2D eigenvalue weighted by Crippen LogP contribution is -2.26. The number of hydrogen-bond acceptors (Lipinski definition) is 2. The molecule has 0 amide bonds. The first-order valence-corrected chi connectivity index (χ1v) is 20.0. The second kappa shape index (κ2) is 28.9. The Hall–Kier alpha value is -3.72. The van der Waals surface area contributed by atoms with Crippen molar-refractivity contribution in [2.24, 2.45) is 17.8 Å². The van der Waals surface area contributed by atoms with E-state index in [-0.39, 0.29) is 0 Å². The average Bonchev–Trinajstić information content (AvgIpc) is 3.23. The van der Waals surface area contributed by atoms with Crippen LogP contribution in [-0.4, -0.2) is 19.6 Å². The molecule has 0 saturated heterocycles. The third kappa shape index (κ3) is 19.5. The van der Waals surface area contributed by atoms with Crippen LogP contribution in [0.3, 0.4) is 0 Å². The van der Waals surface area contributed by atoms with Crippen LogP contribution in [0.1, 0.15) is 127 Å². The fourth-order valence-electron chi connectivity index (χ4n) is 7.48. The van der Waals surface area contributed by atoms with Crippen molar-refractivity contribution < 1.29 is 0 Å². The van der Waals surface area contributed by atoms with Crippen LogP contribution in [0.25, 0.3) is 0 Å². The molecular weight excluding hydrogens is 617 g/mol. The minimum absolute atomic E-state index is 0.476. The Balaban J connectivity index is 1.91. The number of rotatable bonds is 26. The van der Waals surface area contributed by atoms with E-state index in [1.54, 1.807) is 0 Å². The van der Waals surface area contributed by atoms with Crippen LogP contribution < -0.4 is 10.6 Å². The molecule has 0 aliphatic heterocycles. The summed E-state index contributed by atoms with van der Waals surface area (Å²) in [5.74, 6) is 8.23. The maximum Gasteiger partial charge on any atom is 0.0143 e. The second-order valence-corrected chi connectivity index (χ2v) is 14.4. The third-order valence-corrected chi connectivity index (χ3v) is 10.5. The Morgan fingerprint density at radius 3 is 2.35 bits per heavy atom. The van der Waals surface area contributed by atoms with Gasteiger partial charge in [-0.3, -0.25) is 0 Å². The fourth-order valence-corrected chi connectivity index (χ4v) is 7.48. The van der Waals surface area contributed by atoms with Crippen LogP contribution in [0.15, 0.2) is 109 Å². The summed E-state index contributed by atoms with van der Waals surface area (Å²) in [4.78, 5) is 0. The number of allylic oxidation sites excluding steroid dienone is 10. The predicted octanol–water partition coefficient (Wildman–Crippen LogP) is 12.4.